The smallest absolute Gasteiger partial charge is 0.269 e. The van der Waals surface area contributed by atoms with E-state index in [1.807, 2.05) is 6.92 Å². The molecule has 1 aliphatic carbocycles. The Morgan fingerprint density at radius 1 is 1.35 bits per heavy atom. The van der Waals surface area contributed by atoms with Gasteiger partial charge in [0.05, 0.1) is 4.92 Å². The fraction of sp³-hybridized carbons (Fsp3) is 0.462. The topological polar surface area (TPSA) is 60.2 Å². The van der Waals surface area contributed by atoms with Crippen LogP contribution < -0.4 is 0 Å². The largest absolute Gasteiger partial charge is 0.299 e. The van der Waals surface area contributed by atoms with Crippen LogP contribution in [-0.4, -0.2) is 10.7 Å². The van der Waals surface area contributed by atoms with Crippen molar-refractivity contribution >= 4 is 11.5 Å². The minimum atomic E-state index is -0.397. The van der Waals surface area contributed by atoms with Crippen molar-refractivity contribution in [3.8, 4) is 0 Å². The Labute approximate surface area is 99.8 Å². The van der Waals surface area contributed by atoms with E-state index in [0.29, 0.717) is 18.1 Å². The van der Waals surface area contributed by atoms with Crippen LogP contribution in [0.1, 0.15) is 25.3 Å². The zero-order chi connectivity index (χ0) is 12.4. The quantitative estimate of drug-likeness (QED) is 0.595. The number of nitrogens with zero attached hydrogens (tertiary/aromatic N) is 1. The first-order valence-electron chi connectivity index (χ1n) is 5.84. The van der Waals surface area contributed by atoms with Gasteiger partial charge in [0.1, 0.15) is 5.78 Å². The molecule has 0 aliphatic heterocycles. The fourth-order valence-corrected chi connectivity index (χ4v) is 2.40. The Morgan fingerprint density at radius 3 is 2.47 bits per heavy atom. The Hall–Kier alpha value is -1.71. The number of carbonyl (C=O) groups is 1. The van der Waals surface area contributed by atoms with Crippen LogP contribution in [0.15, 0.2) is 24.3 Å². The molecule has 1 aromatic rings. The number of rotatable bonds is 3. The predicted octanol–water partition coefficient (Wildman–Crippen LogP) is 2.75. The summed E-state index contributed by atoms with van der Waals surface area (Å²) in [5, 5.41) is 10.5. The van der Waals surface area contributed by atoms with Crippen LogP contribution >= 0.6 is 0 Å². The lowest BCUT2D eigenvalue weighted by atomic mass is 9.91. The molecule has 0 bridgehead atoms. The van der Waals surface area contributed by atoms with Crippen molar-refractivity contribution in [2.45, 2.75) is 26.2 Å². The molecule has 0 spiro atoms. The van der Waals surface area contributed by atoms with Crippen molar-refractivity contribution in [3.63, 3.8) is 0 Å². The molecule has 4 heteroatoms. The maximum absolute atomic E-state index is 11.4. The normalized spacial score (nSPS) is 23.9. The molecule has 0 aromatic heterocycles. The van der Waals surface area contributed by atoms with Gasteiger partial charge in [-0.25, -0.2) is 0 Å². The third kappa shape index (κ3) is 2.52. The third-order valence-electron chi connectivity index (χ3n) is 3.62. The van der Waals surface area contributed by atoms with Gasteiger partial charge >= 0.3 is 0 Å². The van der Waals surface area contributed by atoms with E-state index in [4.69, 9.17) is 0 Å². The molecule has 0 saturated heterocycles. The summed E-state index contributed by atoms with van der Waals surface area (Å²) in [5.41, 5.74) is 1.19. The van der Waals surface area contributed by atoms with Gasteiger partial charge < -0.3 is 0 Å². The van der Waals surface area contributed by atoms with Gasteiger partial charge in [0.25, 0.3) is 5.69 Å². The molecule has 0 amide bonds. The molecule has 0 radical (unpaired) electrons. The first-order chi connectivity index (χ1) is 8.08. The average Bonchev–Trinajstić information content (AvgIpc) is 2.62. The molecule has 1 aromatic carbocycles. The van der Waals surface area contributed by atoms with E-state index in [-0.39, 0.29) is 11.6 Å². The molecule has 4 nitrogen and oxygen atoms in total. The van der Waals surface area contributed by atoms with E-state index in [9.17, 15) is 14.9 Å². The Morgan fingerprint density at radius 2 is 2.00 bits per heavy atom. The Balaban J connectivity index is 2.04. The van der Waals surface area contributed by atoms with Gasteiger partial charge in [-0.3, -0.25) is 14.9 Å². The first kappa shape index (κ1) is 11.8. The maximum atomic E-state index is 11.4. The highest BCUT2D eigenvalue weighted by molar-refractivity contribution is 5.83. The lowest BCUT2D eigenvalue weighted by Crippen LogP contribution is -2.12. The maximum Gasteiger partial charge on any atom is 0.269 e. The van der Waals surface area contributed by atoms with Crippen LogP contribution in [0.4, 0.5) is 5.69 Å². The zero-order valence-corrected chi connectivity index (χ0v) is 9.76. The number of nitro benzene ring substituents is 1. The second kappa shape index (κ2) is 4.65. The van der Waals surface area contributed by atoms with Crippen molar-refractivity contribution in [2.24, 2.45) is 11.8 Å². The van der Waals surface area contributed by atoms with Gasteiger partial charge in [0.2, 0.25) is 0 Å². The van der Waals surface area contributed by atoms with E-state index in [1.54, 1.807) is 12.1 Å². The van der Waals surface area contributed by atoms with E-state index in [1.165, 1.54) is 12.1 Å². The molecule has 90 valence electrons. The number of ketones is 1. The summed E-state index contributed by atoms with van der Waals surface area (Å²) in [6.45, 7) is 1.98. The highest BCUT2D eigenvalue weighted by atomic mass is 16.6. The Kier molecular flexibility index (Phi) is 3.22. The summed E-state index contributed by atoms with van der Waals surface area (Å²) in [5.74, 6) is 0.867. The molecule has 0 N–H and O–H groups in total. The number of non-ortho nitro benzene ring substituents is 1. The summed E-state index contributed by atoms with van der Waals surface area (Å²) in [7, 11) is 0. The van der Waals surface area contributed by atoms with Gasteiger partial charge in [-0.15, -0.1) is 0 Å². The van der Waals surface area contributed by atoms with E-state index >= 15 is 0 Å². The van der Waals surface area contributed by atoms with Gasteiger partial charge in [0, 0.05) is 24.5 Å². The van der Waals surface area contributed by atoms with Crippen LogP contribution in [0.3, 0.4) is 0 Å². The molecule has 1 fully saturated rings. The second-order valence-electron chi connectivity index (χ2n) is 4.68. The molecule has 0 unspecified atom stereocenters. The SMILES string of the molecule is C[C@H]1C(=O)CC[C@@H]1Cc1ccc([N+](=O)[O-])cc1. The summed E-state index contributed by atoms with van der Waals surface area (Å²) in [6, 6.07) is 6.62. The molecule has 2 rings (SSSR count). The summed E-state index contributed by atoms with van der Waals surface area (Å²) >= 11 is 0. The summed E-state index contributed by atoms with van der Waals surface area (Å²) in [4.78, 5) is 21.5. The molecule has 2 atom stereocenters. The van der Waals surface area contributed by atoms with Crippen LogP contribution in [0.25, 0.3) is 0 Å². The van der Waals surface area contributed by atoms with Crippen LogP contribution in [0, 0.1) is 22.0 Å². The zero-order valence-electron chi connectivity index (χ0n) is 9.76. The molecule has 0 heterocycles. The lowest BCUT2D eigenvalue weighted by molar-refractivity contribution is -0.384. The monoisotopic (exact) mass is 233 g/mol. The first-order valence-corrected chi connectivity index (χ1v) is 5.84. The standard InChI is InChI=1S/C13H15NO3/c1-9-11(4-7-13(9)15)8-10-2-5-12(6-3-10)14(16)17/h2-3,5-6,9,11H,4,7-8H2,1H3/t9-,11-/m1/s1. The minimum absolute atomic E-state index is 0.115. The van der Waals surface area contributed by atoms with Crippen LogP contribution in [0.2, 0.25) is 0 Å². The van der Waals surface area contributed by atoms with E-state index < -0.39 is 4.92 Å². The predicted molar refractivity (Wildman–Crippen MR) is 63.7 cm³/mol. The van der Waals surface area contributed by atoms with Crippen LogP contribution in [-0.2, 0) is 11.2 Å². The molecule has 17 heavy (non-hydrogen) atoms. The van der Waals surface area contributed by atoms with Crippen molar-refractivity contribution in [3.05, 3.63) is 39.9 Å². The van der Waals surface area contributed by atoms with Gasteiger partial charge in [0.15, 0.2) is 0 Å². The number of benzene rings is 1. The van der Waals surface area contributed by atoms with Gasteiger partial charge in [-0.2, -0.15) is 0 Å². The van der Waals surface area contributed by atoms with Crippen molar-refractivity contribution in [2.75, 3.05) is 0 Å². The highest BCUT2D eigenvalue weighted by Gasteiger charge is 2.30. The minimum Gasteiger partial charge on any atom is -0.299 e. The molecule has 1 saturated carbocycles. The number of Topliss-reactive ketones (excluding diaryl/α,β-unsaturated/α-hetero) is 1. The second-order valence-corrected chi connectivity index (χ2v) is 4.68. The number of hydrogen-bond acceptors (Lipinski definition) is 3. The van der Waals surface area contributed by atoms with Crippen molar-refractivity contribution in [1.82, 2.24) is 0 Å². The van der Waals surface area contributed by atoms with Gasteiger partial charge in [-0.05, 0) is 24.3 Å². The van der Waals surface area contributed by atoms with E-state index in [2.05, 4.69) is 0 Å². The number of hydrogen-bond donors (Lipinski definition) is 0. The number of carbonyl (C=O) groups excluding carboxylic acids is 1. The fourth-order valence-electron chi connectivity index (χ4n) is 2.40. The molecular weight excluding hydrogens is 218 g/mol. The highest BCUT2D eigenvalue weighted by Crippen LogP contribution is 2.31. The van der Waals surface area contributed by atoms with Crippen molar-refractivity contribution < 1.29 is 9.72 Å². The average molecular weight is 233 g/mol. The molecular formula is C13H15NO3. The third-order valence-corrected chi connectivity index (χ3v) is 3.62. The summed E-state index contributed by atoms with van der Waals surface area (Å²) in [6.07, 6.45) is 2.46. The molecule has 1 aliphatic rings. The van der Waals surface area contributed by atoms with E-state index in [0.717, 1.165) is 18.4 Å². The summed E-state index contributed by atoms with van der Waals surface area (Å²) < 4.78 is 0. The number of nitro groups is 1. The van der Waals surface area contributed by atoms with Crippen LogP contribution in [0.5, 0.6) is 0 Å². The van der Waals surface area contributed by atoms with Gasteiger partial charge in [-0.1, -0.05) is 19.1 Å². The Bertz CT molecular complexity index is 438. The lowest BCUT2D eigenvalue weighted by Gasteiger charge is -2.13. The van der Waals surface area contributed by atoms with Crippen molar-refractivity contribution in [1.29, 1.82) is 0 Å².